The molecule has 0 radical (unpaired) electrons. The van der Waals surface area contributed by atoms with Crippen molar-refractivity contribution in [3.8, 4) is 0 Å². The number of aliphatic hydroxyl groups is 1. The summed E-state index contributed by atoms with van der Waals surface area (Å²) < 4.78 is 68.4. The van der Waals surface area contributed by atoms with E-state index in [0.29, 0.717) is 25.7 Å². The van der Waals surface area contributed by atoms with E-state index in [1.807, 2.05) is 0 Å². The average molecular weight is 1410 g/mol. The molecule has 0 heterocycles. The molecule has 0 rings (SSSR count). The Bertz CT molecular complexity index is 1950. The maximum Gasteiger partial charge on any atom is 0.472 e. The molecule has 0 aliphatic carbocycles. The minimum Gasteiger partial charge on any atom is -0.462 e. The van der Waals surface area contributed by atoms with Gasteiger partial charge in [0, 0.05) is 25.7 Å². The van der Waals surface area contributed by atoms with E-state index in [4.69, 9.17) is 37.0 Å². The molecule has 2 unspecified atom stereocenters. The van der Waals surface area contributed by atoms with E-state index in [1.54, 1.807) is 0 Å². The molecule has 17 nitrogen and oxygen atoms in total. The van der Waals surface area contributed by atoms with Gasteiger partial charge in [-0.05, 0) is 63.2 Å². The van der Waals surface area contributed by atoms with Crippen LogP contribution in [0.5, 0.6) is 0 Å². The van der Waals surface area contributed by atoms with Crippen LogP contribution in [0.3, 0.4) is 0 Å². The quantitative estimate of drug-likeness (QED) is 0.0169. The lowest BCUT2D eigenvalue weighted by Gasteiger charge is -2.21. The number of allylic oxidation sites excluding steroid dienone is 4. The molecule has 0 spiro atoms. The number of hydrogen-bond acceptors (Lipinski definition) is 15. The molecule has 566 valence electrons. The first-order valence-electron chi connectivity index (χ1n) is 39.3. The SMILES string of the molecule is CCCCCC/C=C\C=C/CCCCCCCC(=O)OC[C@H](COP(=O)(O)OC[C@@H](O)COP(=O)(O)OC[C@@H](COC(=O)CCCCCCCCCC)OC(=O)CCCCCCCCCCCC(C)C)OC(=O)CCCCCCCCCCCCCCCCCCCCC(C)C. The maximum atomic E-state index is 13.1. The van der Waals surface area contributed by atoms with Crippen LogP contribution in [0.15, 0.2) is 24.3 Å². The fourth-order valence-corrected chi connectivity index (χ4v) is 12.9. The number of aliphatic hydroxyl groups excluding tert-OH is 1. The predicted octanol–water partition coefficient (Wildman–Crippen LogP) is 22.3. The van der Waals surface area contributed by atoms with Crippen LogP contribution in [-0.4, -0.2) is 96.7 Å². The summed E-state index contributed by atoms with van der Waals surface area (Å²) in [6, 6.07) is 0. The van der Waals surface area contributed by atoms with E-state index in [0.717, 1.165) is 127 Å². The minimum atomic E-state index is -4.96. The lowest BCUT2D eigenvalue weighted by molar-refractivity contribution is -0.161. The molecule has 0 amide bonds. The van der Waals surface area contributed by atoms with Crippen molar-refractivity contribution in [2.24, 2.45) is 11.8 Å². The fourth-order valence-electron chi connectivity index (χ4n) is 11.3. The fraction of sp³-hybridized carbons (Fsp3) is 0.896. The zero-order valence-electron chi connectivity index (χ0n) is 62.2. The summed E-state index contributed by atoms with van der Waals surface area (Å²) in [5.74, 6) is -0.595. The van der Waals surface area contributed by atoms with E-state index in [1.165, 1.54) is 167 Å². The lowest BCUT2D eigenvalue weighted by Crippen LogP contribution is -2.30. The molecule has 96 heavy (non-hydrogen) atoms. The highest BCUT2D eigenvalue weighted by Gasteiger charge is 2.30. The summed E-state index contributed by atoms with van der Waals surface area (Å²) in [5.41, 5.74) is 0. The predicted molar refractivity (Wildman–Crippen MR) is 391 cm³/mol. The molecular weight excluding hydrogens is 1260 g/mol. The van der Waals surface area contributed by atoms with E-state index in [-0.39, 0.29) is 25.7 Å². The van der Waals surface area contributed by atoms with Gasteiger partial charge in [-0.2, -0.15) is 0 Å². The molecule has 3 N–H and O–H groups in total. The highest BCUT2D eigenvalue weighted by Crippen LogP contribution is 2.45. The van der Waals surface area contributed by atoms with Crippen LogP contribution in [0.25, 0.3) is 0 Å². The zero-order chi connectivity index (χ0) is 70.7. The Kier molecular flexibility index (Phi) is 66.6. The van der Waals surface area contributed by atoms with Crippen LogP contribution in [0.4, 0.5) is 0 Å². The third kappa shape index (κ3) is 70.0. The third-order valence-electron chi connectivity index (χ3n) is 17.3. The number of carbonyl (C=O) groups excluding carboxylic acids is 4. The van der Waals surface area contributed by atoms with Crippen molar-refractivity contribution in [1.82, 2.24) is 0 Å². The minimum absolute atomic E-state index is 0.101. The lowest BCUT2D eigenvalue weighted by atomic mass is 10.0. The van der Waals surface area contributed by atoms with Crippen LogP contribution in [-0.2, 0) is 65.4 Å². The topological polar surface area (TPSA) is 237 Å². The van der Waals surface area contributed by atoms with Crippen molar-refractivity contribution in [3.63, 3.8) is 0 Å². The number of phosphoric acid groups is 2. The van der Waals surface area contributed by atoms with Crippen LogP contribution in [0, 0.1) is 11.8 Å². The monoisotopic (exact) mass is 1410 g/mol. The van der Waals surface area contributed by atoms with Gasteiger partial charge in [0.1, 0.15) is 19.3 Å². The first kappa shape index (κ1) is 93.5. The summed E-state index contributed by atoms with van der Waals surface area (Å²) in [4.78, 5) is 72.7. The normalized spacial score (nSPS) is 14.2. The molecule has 0 saturated carbocycles. The summed E-state index contributed by atoms with van der Waals surface area (Å²) in [6.07, 6.45) is 59.2. The molecule has 0 bridgehead atoms. The molecule has 0 aliphatic heterocycles. The molecule has 0 aliphatic rings. The second kappa shape index (κ2) is 68.3. The molecule has 0 saturated heterocycles. The van der Waals surface area contributed by atoms with Gasteiger partial charge in [0.15, 0.2) is 12.2 Å². The van der Waals surface area contributed by atoms with Gasteiger partial charge in [0.2, 0.25) is 0 Å². The summed E-state index contributed by atoms with van der Waals surface area (Å²) in [6.45, 7) is 9.51. The van der Waals surface area contributed by atoms with Crippen LogP contribution in [0.1, 0.15) is 375 Å². The second-order valence-electron chi connectivity index (χ2n) is 28.0. The first-order chi connectivity index (χ1) is 46.4. The van der Waals surface area contributed by atoms with E-state index < -0.39 is 97.5 Å². The summed E-state index contributed by atoms with van der Waals surface area (Å²) in [5, 5.41) is 10.6. The summed E-state index contributed by atoms with van der Waals surface area (Å²) >= 11 is 0. The van der Waals surface area contributed by atoms with Crippen molar-refractivity contribution >= 4 is 39.5 Å². The van der Waals surface area contributed by atoms with Gasteiger partial charge in [0.25, 0.3) is 0 Å². The Labute approximate surface area is 586 Å². The third-order valence-corrected chi connectivity index (χ3v) is 19.2. The van der Waals surface area contributed by atoms with E-state index >= 15 is 0 Å². The number of esters is 4. The molecule has 5 atom stereocenters. The Hall–Kier alpha value is -2.46. The van der Waals surface area contributed by atoms with Gasteiger partial charge in [-0.25, -0.2) is 9.13 Å². The summed E-state index contributed by atoms with van der Waals surface area (Å²) in [7, 11) is -9.92. The van der Waals surface area contributed by atoms with Crippen LogP contribution in [0.2, 0.25) is 0 Å². The first-order valence-corrected chi connectivity index (χ1v) is 42.3. The van der Waals surface area contributed by atoms with Gasteiger partial charge in [-0.1, -0.05) is 323 Å². The maximum absolute atomic E-state index is 13.1. The smallest absolute Gasteiger partial charge is 0.462 e. The van der Waals surface area contributed by atoms with Crippen LogP contribution >= 0.6 is 15.6 Å². The standard InChI is InChI=1S/C77H146O17P2/c1-7-9-11-13-15-17-18-19-24-28-31-36-42-48-54-60-75(80)88-66-73(93-76(81)61-55-49-43-37-32-29-26-23-21-20-22-25-27-30-34-39-45-51-57-69(3)4)68-92-96(85,86)90-64-71(78)63-89-95(83,84)91-67-72(65-87-74(79)59-53-47-41-16-14-12-10-8-2)94-77(82)62-56-50-44-38-33-35-40-46-52-58-70(5)6/h17-19,24,69-73,78H,7-16,20-23,25-68H2,1-6H3,(H,83,84)(H,85,86)/b18-17-,24-19-/t71-,72+,73+/m0/s1. The molecule has 0 aromatic carbocycles. The highest BCUT2D eigenvalue weighted by molar-refractivity contribution is 7.47. The van der Waals surface area contributed by atoms with Crippen molar-refractivity contribution in [2.45, 2.75) is 394 Å². The van der Waals surface area contributed by atoms with Gasteiger partial charge in [-0.3, -0.25) is 37.3 Å². The number of rotatable bonds is 74. The van der Waals surface area contributed by atoms with E-state index in [9.17, 15) is 43.2 Å². The number of ether oxygens (including phenoxy) is 4. The number of hydrogen-bond donors (Lipinski definition) is 3. The molecule has 0 aromatic rings. The highest BCUT2D eigenvalue weighted by atomic mass is 31.2. The Balaban J connectivity index is 5.22. The number of phosphoric ester groups is 2. The van der Waals surface area contributed by atoms with Crippen molar-refractivity contribution in [2.75, 3.05) is 39.6 Å². The van der Waals surface area contributed by atoms with Crippen molar-refractivity contribution < 1.29 is 80.2 Å². The second-order valence-corrected chi connectivity index (χ2v) is 30.9. The van der Waals surface area contributed by atoms with Gasteiger partial charge >= 0.3 is 39.5 Å². The Morgan fingerprint density at radius 3 is 0.854 bits per heavy atom. The zero-order valence-corrected chi connectivity index (χ0v) is 63.9. The molecule has 19 heteroatoms. The molecule has 0 aromatic heterocycles. The van der Waals surface area contributed by atoms with E-state index in [2.05, 4.69) is 65.8 Å². The van der Waals surface area contributed by atoms with Gasteiger partial charge in [0.05, 0.1) is 26.4 Å². The van der Waals surface area contributed by atoms with Gasteiger partial charge in [-0.15, -0.1) is 0 Å². The Morgan fingerprint density at radius 2 is 0.562 bits per heavy atom. The Morgan fingerprint density at radius 1 is 0.323 bits per heavy atom. The van der Waals surface area contributed by atoms with Crippen LogP contribution < -0.4 is 0 Å². The number of carbonyl (C=O) groups is 4. The van der Waals surface area contributed by atoms with Crippen molar-refractivity contribution in [3.05, 3.63) is 24.3 Å². The van der Waals surface area contributed by atoms with Gasteiger partial charge < -0.3 is 33.8 Å². The molecular formula is C77H146O17P2. The molecule has 0 fully saturated rings. The largest absolute Gasteiger partial charge is 0.472 e. The number of unbranched alkanes of at least 4 members (excludes halogenated alkanes) is 41. The van der Waals surface area contributed by atoms with Crippen molar-refractivity contribution in [1.29, 1.82) is 0 Å². The average Bonchev–Trinajstić information content (AvgIpc) is 1.16.